The number of hydrogen-bond donors (Lipinski definition) is 3. The first-order chi connectivity index (χ1) is 19.3. The van der Waals surface area contributed by atoms with Crippen molar-refractivity contribution in [1.29, 1.82) is 0 Å². The first-order valence-corrected chi connectivity index (χ1v) is 13.6. The number of fused-ring (bicyclic) bond motifs is 1. The van der Waals surface area contributed by atoms with Gasteiger partial charge in [-0.2, -0.15) is 13.2 Å². The van der Waals surface area contributed by atoms with Crippen LogP contribution < -0.4 is 20.7 Å². The van der Waals surface area contributed by atoms with Crippen LogP contribution in [0, 0.1) is 0 Å². The predicted octanol–water partition coefficient (Wildman–Crippen LogP) is 6.89. The Morgan fingerprint density at radius 2 is 1.85 bits per heavy atom. The van der Waals surface area contributed by atoms with Crippen molar-refractivity contribution >= 4 is 51.6 Å². The summed E-state index contributed by atoms with van der Waals surface area (Å²) < 4.78 is 42.3. The van der Waals surface area contributed by atoms with E-state index in [0.29, 0.717) is 50.6 Å². The Morgan fingerprint density at radius 1 is 1.15 bits per heavy atom. The molecule has 8 nitrogen and oxygen atoms in total. The number of halogens is 5. The zero-order valence-electron chi connectivity index (χ0n) is 22.1. The van der Waals surface area contributed by atoms with Crippen molar-refractivity contribution in [3.05, 3.63) is 64.5 Å². The van der Waals surface area contributed by atoms with Gasteiger partial charge in [0.25, 0.3) is 0 Å². The number of carbonyl (C=O) groups is 1. The highest BCUT2D eigenvalue weighted by atomic mass is 35.5. The molecule has 0 aliphatic carbocycles. The molecule has 4 N–H and O–H groups in total. The van der Waals surface area contributed by atoms with Crippen LogP contribution in [0.3, 0.4) is 0 Å². The Bertz CT molecular complexity index is 1550. The summed E-state index contributed by atoms with van der Waals surface area (Å²) in [4.78, 5) is 27.8. The van der Waals surface area contributed by atoms with Crippen molar-refractivity contribution in [3.8, 4) is 16.9 Å². The molecular weight excluding hydrogens is 580 g/mol. The average molecular weight is 607 g/mol. The van der Waals surface area contributed by atoms with Crippen LogP contribution in [-0.4, -0.2) is 45.7 Å². The number of H-pyrrole nitrogens is 1. The molecule has 5 rings (SSSR count). The minimum Gasteiger partial charge on any atom is -0.484 e. The van der Waals surface area contributed by atoms with E-state index >= 15 is 0 Å². The van der Waals surface area contributed by atoms with Crippen molar-refractivity contribution in [3.63, 3.8) is 0 Å². The molecule has 0 spiro atoms. The van der Waals surface area contributed by atoms with Gasteiger partial charge in [0, 0.05) is 18.3 Å². The lowest BCUT2D eigenvalue weighted by Gasteiger charge is -2.28. The van der Waals surface area contributed by atoms with Gasteiger partial charge in [-0.05, 0) is 62.6 Å². The molecule has 13 heteroatoms. The van der Waals surface area contributed by atoms with E-state index in [-0.39, 0.29) is 11.8 Å². The Kier molecular flexibility index (Phi) is 7.80. The van der Waals surface area contributed by atoms with E-state index in [0.717, 1.165) is 18.4 Å². The molecule has 0 unspecified atom stereocenters. The van der Waals surface area contributed by atoms with Crippen LogP contribution in [0.25, 0.3) is 22.2 Å². The number of aromatic nitrogens is 3. The summed E-state index contributed by atoms with van der Waals surface area (Å²) in [5.41, 5.74) is 8.11. The highest BCUT2D eigenvalue weighted by molar-refractivity contribution is 6.42. The second kappa shape index (κ2) is 11.0. The molecule has 0 bridgehead atoms. The standard InChI is InChI=1S/C28H27Cl2F3N6O2/c1-27(2,34)26(40)38-22-10-16(15-5-7-17(8-6-15)41-14-28(31,32)33)13-35-25(22)39-9-3-4-23(39)24-36-20-11-18(29)19(30)12-21(20)37-24/h5-8,10-13,23H,3-4,9,14,34H2,1-2H3,(H,36,37)(H,38,40)/t23-/m0/s1. The van der Waals surface area contributed by atoms with Crippen molar-refractivity contribution < 1.29 is 22.7 Å². The van der Waals surface area contributed by atoms with Gasteiger partial charge in [-0.3, -0.25) is 4.79 Å². The number of ether oxygens (including phenoxy) is 1. The van der Waals surface area contributed by atoms with Crippen LogP contribution in [-0.2, 0) is 4.79 Å². The molecule has 1 atom stereocenters. The Morgan fingerprint density at radius 3 is 2.54 bits per heavy atom. The molecule has 1 amide bonds. The number of pyridine rings is 1. The lowest BCUT2D eigenvalue weighted by molar-refractivity contribution is -0.153. The number of rotatable bonds is 7. The lowest BCUT2D eigenvalue weighted by Crippen LogP contribution is -2.45. The number of hydrogen-bond acceptors (Lipinski definition) is 6. The Balaban J connectivity index is 1.48. The van der Waals surface area contributed by atoms with Crippen LogP contribution in [0.15, 0.2) is 48.7 Å². The molecule has 0 radical (unpaired) electrons. The number of aromatic amines is 1. The average Bonchev–Trinajstić information content (AvgIpc) is 3.54. The van der Waals surface area contributed by atoms with E-state index in [4.69, 9.17) is 43.6 Å². The minimum atomic E-state index is -4.43. The molecular formula is C28H27Cl2F3N6O2. The van der Waals surface area contributed by atoms with Crippen molar-refractivity contribution in [2.24, 2.45) is 5.73 Å². The molecule has 2 aromatic heterocycles. The number of imidazole rings is 1. The summed E-state index contributed by atoms with van der Waals surface area (Å²) >= 11 is 12.4. The minimum absolute atomic E-state index is 0.0855. The van der Waals surface area contributed by atoms with Gasteiger partial charge in [0.1, 0.15) is 11.6 Å². The van der Waals surface area contributed by atoms with Crippen LogP contribution in [0.5, 0.6) is 5.75 Å². The second-order valence-electron chi connectivity index (χ2n) is 10.5. The number of anilines is 2. The van der Waals surface area contributed by atoms with E-state index in [1.54, 1.807) is 50.4 Å². The molecule has 0 saturated carbocycles. The van der Waals surface area contributed by atoms with E-state index in [2.05, 4.69) is 15.2 Å². The van der Waals surface area contributed by atoms with Gasteiger partial charge < -0.3 is 25.7 Å². The SMILES string of the molecule is CC(C)(N)C(=O)Nc1cc(-c2ccc(OCC(F)(F)F)cc2)cnc1N1CCC[C@H]1c1nc2cc(Cl)c(Cl)cc2[nH]1. The normalized spacial score (nSPS) is 15.9. The highest BCUT2D eigenvalue weighted by Crippen LogP contribution is 2.40. The third-order valence-electron chi connectivity index (χ3n) is 6.67. The lowest BCUT2D eigenvalue weighted by atomic mass is 10.0. The van der Waals surface area contributed by atoms with Crippen LogP contribution >= 0.6 is 23.2 Å². The monoisotopic (exact) mass is 606 g/mol. The van der Waals surface area contributed by atoms with E-state index < -0.39 is 24.2 Å². The fourth-order valence-corrected chi connectivity index (χ4v) is 4.94. The summed E-state index contributed by atoms with van der Waals surface area (Å²) in [5.74, 6) is 0.933. The number of alkyl halides is 3. The quantitative estimate of drug-likeness (QED) is 0.211. The van der Waals surface area contributed by atoms with E-state index in [1.807, 2.05) is 0 Å². The third-order valence-corrected chi connectivity index (χ3v) is 7.40. The number of nitrogens with one attached hydrogen (secondary N) is 2. The summed E-state index contributed by atoms with van der Waals surface area (Å²) in [6, 6.07) is 11.2. The predicted molar refractivity (Wildman–Crippen MR) is 154 cm³/mol. The van der Waals surface area contributed by atoms with Crippen molar-refractivity contribution in [2.45, 2.75) is 44.4 Å². The number of amides is 1. The van der Waals surface area contributed by atoms with Gasteiger partial charge in [-0.1, -0.05) is 35.3 Å². The van der Waals surface area contributed by atoms with Gasteiger partial charge in [-0.25, -0.2) is 9.97 Å². The topological polar surface area (TPSA) is 109 Å². The summed E-state index contributed by atoms with van der Waals surface area (Å²) in [7, 11) is 0. The van der Waals surface area contributed by atoms with Gasteiger partial charge in [0.2, 0.25) is 5.91 Å². The molecule has 1 saturated heterocycles. The van der Waals surface area contributed by atoms with Crippen LogP contribution in [0.1, 0.15) is 38.6 Å². The Hall–Kier alpha value is -3.54. The van der Waals surface area contributed by atoms with E-state index in [1.165, 1.54) is 12.1 Å². The van der Waals surface area contributed by atoms with Gasteiger partial charge in [-0.15, -0.1) is 0 Å². The van der Waals surface area contributed by atoms with Crippen LogP contribution in [0.2, 0.25) is 10.0 Å². The third kappa shape index (κ3) is 6.52. The summed E-state index contributed by atoms with van der Waals surface area (Å²) in [5, 5.41) is 3.75. The Labute approximate surface area is 244 Å². The molecule has 2 aromatic carbocycles. The number of nitrogens with two attached hydrogens (primary N) is 1. The summed E-state index contributed by atoms with van der Waals surface area (Å²) in [6.07, 6.45) is -1.13. The molecule has 1 aliphatic rings. The number of carbonyl (C=O) groups excluding carboxylic acids is 1. The second-order valence-corrected chi connectivity index (χ2v) is 11.3. The van der Waals surface area contributed by atoms with E-state index in [9.17, 15) is 18.0 Å². The first-order valence-electron chi connectivity index (χ1n) is 12.8. The molecule has 1 fully saturated rings. The zero-order valence-corrected chi connectivity index (χ0v) is 23.7. The highest BCUT2D eigenvalue weighted by Gasteiger charge is 2.33. The molecule has 4 aromatic rings. The molecule has 1 aliphatic heterocycles. The summed E-state index contributed by atoms with van der Waals surface area (Å²) in [6.45, 7) is 2.48. The molecule has 41 heavy (non-hydrogen) atoms. The smallest absolute Gasteiger partial charge is 0.422 e. The number of nitrogens with zero attached hydrogens (tertiary/aromatic N) is 3. The molecule has 216 valence electrons. The fraction of sp³-hybridized carbons (Fsp3) is 0.321. The maximum atomic E-state index is 12.9. The maximum Gasteiger partial charge on any atom is 0.422 e. The zero-order chi connectivity index (χ0) is 29.5. The largest absolute Gasteiger partial charge is 0.484 e. The molecule has 3 heterocycles. The van der Waals surface area contributed by atoms with Crippen molar-refractivity contribution in [2.75, 3.05) is 23.4 Å². The number of benzene rings is 2. The first kappa shape index (κ1) is 29.0. The van der Waals surface area contributed by atoms with Crippen molar-refractivity contribution in [1.82, 2.24) is 15.0 Å². The fourth-order valence-electron chi connectivity index (χ4n) is 4.62. The van der Waals surface area contributed by atoms with Gasteiger partial charge in [0.05, 0.1) is 38.3 Å². The van der Waals surface area contributed by atoms with Gasteiger partial charge in [0.15, 0.2) is 12.4 Å². The van der Waals surface area contributed by atoms with Crippen LogP contribution in [0.4, 0.5) is 24.7 Å². The van der Waals surface area contributed by atoms with Gasteiger partial charge >= 0.3 is 6.18 Å². The maximum absolute atomic E-state index is 12.9.